The average Bonchev–Trinajstić information content (AvgIpc) is 0.746. The fourth-order valence-electron chi connectivity index (χ4n) is 23.0. The summed E-state index contributed by atoms with van der Waals surface area (Å²) in [6, 6.07) is 193. The molecule has 0 aliphatic rings. The monoisotopic (exact) mass is 1770 g/mol. The molecule has 0 spiro atoms. The molecule has 0 aliphatic heterocycles. The Morgan fingerprint density at radius 1 is 0.0571 bits per heavy atom. The van der Waals surface area contributed by atoms with Crippen molar-refractivity contribution in [3.05, 3.63) is 522 Å². The molecule has 0 unspecified atom stereocenters. The predicted octanol–water partition coefficient (Wildman–Crippen LogP) is 39.8. The molecule has 0 aromatic heterocycles. The molecule has 0 saturated carbocycles. The maximum Gasteiger partial charge on any atom is -0.00928 e. The zero-order chi connectivity index (χ0) is 92.0. The van der Waals surface area contributed by atoms with Crippen LogP contribution in [0.2, 0.25) is 0 Å². The Labute approximate surface area is 809 Å². The van der Waals surface area contributed by atoms with Gasteiger partial charge in [0.2, 0.25) is 0 Å². The molecule has 0 saturated heterocycles. The number of hydrogen-bond acceptors (Lipinski definition) is 0. The Hall–Kier alpha value is -18.2. The topological polar surface area (TPSA) is 0 Å². The van der Waals surface area contributed by atoms with Crippen LogP contribution in [0.4, 0.5) is 0 Å². The molecule has 0 N–H and O–H groups in total. The molecule has 0 bridgehead atoms. The van der Waals surface area contributed by atoms with Crippen LogP contribution in [0.1, 0.15) is 0 Å². The van der Waals surface area contributed by atoms with Crippen LogP contribution in [0, 0.1) is 0 Å². The molecule has 0 nitrogen and oxygen atoms in total. The van der Waals surface area contributed by atoms with Crippen LogP contribution >= 0.6 is 0 Å². The fourth-order valence-corrected chi connectivity index (χ4v) is 23.0. The van der Waals surface area contributed by atoms with E-state index >= 15 is 0 Å². The van der Waals surface area contributed by atoms with Crippen molar-refractivity contribution in [2.24, 2.45) is 0 Å². The van der Waals surface area contributed by atoms with E-state index in [0.29, 0.717) is 0 Å². The second-order valence-corrected chi connectivity index (χ2v) is 38.0. The van der Waals surface area contributed by atoms with Gasteiger partial charge in [-0.05, 0) is 378 Å². The van der Waals surface area contributed by atoms with Crippen LogP contribution in [0.5, 0.6) is 0 Å². The summed E-state index contributed by atoms with van der Waals surface area (Å²) in [6.45, 7) is 0. The quantitative estimate of drug-likeness (QED) is 0.140. The summed E-state index contributed by atoms with van der Waals surface area (Å²) in [5.74, 6) is 0. The Balaban J connectivity index is 0.000000103. The van der Waals surface area contributed by atoms with Crippen LogP contribution < -0.4 is 0 Å². The van der Waals surface area contributed by atoms with Crippen molar-refractivity contribution < 1.29 is 0 Å². The second kappa shape index (κ2) is 32.8. The van der Waals surface area contributed by atoms with Gasteiger partial charge in [0.1, 0.15) is 0 Å². The zero-order valence-corrected chi connectivity index (χ0v) is 76.7. The molecule has 0 fully saturated rings. The van der Waals surface area contributed by atoms with Crippen molar-refractivity contribution in [2.45, 2.75) is 0 Å². The maximum atomic E-state index is 2.39. The summed E-state index contributed by atoms with van der Waals surface area (Å²) in [4.78, 5) is 0. The molecular formula is C140H86. The lowest BCUT2D eigenvalue weighted by Crippen LogP contribution is -1.86. The molecule has 0 heteroatoms. The first-order valence-electron chi connectivity index (χ1n) is 48.7. The molecule has 0 aliphatic carbocycles. The summed E-state index contributed by atoms with van der Waals surface area (Å²) in [7, 11) is 0. The Bertz CT molecular complexity index is 10400. The molecule has 30 aromatic rings. The predicted molar refractivity (Wildman–Crippen MR) is 607 cm³/mol. The third-order valence-electron chi connectivity index (χ3n) is 30.2. The van der Waals surface area contributed by atoms with E-state index in [1.165, 1.54) is 293 Å². The van der Waals surface area contributed by atoms with Crippen LogP contribution in [0.15, 0.2) is 522 Å². The molecular weight excluding hydrogens is 1680 g/mol. The summed E-state index contributed by atoms with van der Waals surface area (Å²) in [5.41, 5.74) is 17.4. The fraction of sp³-hybridized carbons (Fsp3) is 0. The third kappa shape index (κ3) is 13.7. The van der Waals surface area contributed by atoms with Crippen molar-refractivity contribution >= 4 is 215 Å². The van der Waals surface area contributed by atoms with Crippen molar-refractivity contribution in [1.29, 1.82) is 0 Å². The van der Waals surface area contributed by atoms with E-state index in [9.17, 15) is 0 Å². The van der Waals surface area contributed by atoms with E-state index in [-0.39, 0.29) is 0 Å². The van der Waals surface area contributed by atoms with Gasteiger partial charge in [-0.15, -0.1) is 0 Å². The molecule has 0 atom stereocenters. The van der Waals surface area contributed by atoms with Crippen molar-refractivity contribution in [1.82, 2.24) is 0 Å². The highest BCUT2D eigenvalue weighted by atomic mass is 14.2. The lowest BCUT2D eigenvalue weighted by atomic mass is 9.90. The highest BCUT2D eigenvalue weighted by Crippen LogP contribution is 2.46. The number of benzene rings is 30. The first-order valence-corrected chi connectivity index (χ1v) is 48.7. The van der Waals surface area contributed by atoms with Gasteiger partial charge in [0.05, 0.1) is 0 Å². The van der Waals surface area contributed by atoms with Gasteiger partial charge in [0.15, 0.2) is 0 Å². The largest absolute Gasteiger partial charge is 0.0616 e. The lowest BCUT2D eigenvalue weighted by Gasteiger charge is -2.13. The first-order chi connectivity index (χ1) is 69.3. The minimum absolute atomic E-state index is 1.24. The summed E-state index contributed by atoms with van der Waals surface area (Å²) in [6.07, 6.45) is 0. The van der Waals surface area contributed by atoms with Gasteiger partial charge in [-0.25, -0.2) is 0 Å². The van der Waals surface area contributed by atoms with Crippen molar-refractivity contribution in [2.75, 3.05) is 0 Å². The molecule has 30 rings (SSSR count). The van der Waals surface area contributed by atoms with Gasteiger partial charge in [0.25, 0.3) is 0 Å². The number of fused-ring (bicyclic) bond motifs is 33. The van der Waals surface area contributed by atoms with Gasteiger partial charge >= 0.3 is 0 Å². The van der Waals surface area contributed by atoms with E-state index in [0.717, 1.165) is 0 Å². The molecule has 0 radical (unpaired) electrons. The lowest BCUT2D eigenvalue weighted by molar-refractivity contribution is 1.65. The minimum Gasteiger partial charge on any atom is -0.0616 e. The third-order valence-corrected chi connectivity index (χ3v) is 30.2. The van der Waals surface area contributed by atoms with Gasteiger partial charge < -0.3 is 0 Å². The summed E-state index contributed by atoms with van der Waals surface area (Å²) in [5, 5.41) is 51.6. The van der Waals surface area contributed by atoms with Crippen LogP contribution in [0.25, 0.3) is 293 Å². The highest BCUT2D eigenvalue weighted by molar-refractivity contribution is 6.30. The zero-order valence-electron chi connectivity index (χ0n) is 76.7. The highest BCUT2D eigenvalue weighted by Gasteiger charge is 2.19. The Kier molecular flexibility index (Phi) is 18.8. The van der Waals surface area contributed by atoms with Gasteiger partial charge in [-0.1, -0.05) is 437 Å². The van der Waals surface area contributed by atoms with Crippen LogP contribution in [-0.2, 0) is 0 Å². The normalized spacial score (nSPS) is 11.9. The molecule has 140 heavy (non-hydrogen) atoms. The van der Waals surface area contributed by atoms with E-state index in [4.69, 9.17) is 0 Å². The molecule has 30 aromatic carbocycles. The Morgan fingerprint density at radius 3 is 0.407 bits per heavy atom. The van der Waals surface area contributed by atoms with Gasteiger partial charge in [0, 0.05) is 0 Å². The first kappa shape index (κ1) is 80.3. The number of hydrogen-bond donors (Lipinski definition) is 0. The van der Waals surface area contributed by atoms with Gasteiger partial charge in [-0.2, -0.15) is 0 Å². The van der Waals surface area contributed by atoms with Crippen LogP contribution in [0.3, 0.4) is 0 Å². The molecule has 0 amide bonds. The SMILES string of the molecule is c1ccc2c(c1)ccc1c3cc(-c4ccc5cc(-c6ccc7c8ccccc8c8ccccc8c7c6)ccc5c4)ccc3ccc21.c1ccc2cc(-c3ccc4cc(-c5ccc6cc(-c7ccc8c9ccccc9c9ccccc9c8c7)ccc6c5)ccc4c3)ccc2c1.c1ccc2cc(-c3ccc4ccc5c6cc(-c7ccc8c9ccccc9c9ccccc9c8c7)ccc6ccc5c4c3)ccc2c1. The second-order valence-electron chi connectivity index (χ2n) is 38.0. The number of rotatable bonds is 7. The molecule has 646 valence electrons. The Morgan fingerprint density at radius 2 is 0.171 bits per heavy atom. The maximum absolute atomic E-state index is 2.39. The van der Waals surface area contributed by atoms with Crippen molar-refractivity contribution in [3.63, 3.8) is 0 Å². The standard InChI is InChI=1S/C48H30.2C46H28/c1-2-8-32-25-33(14-13-31(32)7-1)34-15-16-36-27-37(18-17-35(36)26-34)38-19-20-40-29-41(22-21-39(40)28-38)42-23-24-47-45-11-4-3-9-43(45)44-10-5-6-12-46(44)48(47)30-42;1-2-8-32-25-33(16-13-29(32)7-1)34-17-14-30-19-23-42-41(44(30)26-34)22-20-31-15-18-35(27-45(31)42)36-21-24-43-39-11-4-3-9-37(39)38-10-5-6-12-40(38)46(43)28-36;1-2-8-37-29(7-1)19-23-43-42(37)22-20-30-13-14-35(27-45(30)43)33-17-15-32-26-34(18-16-31(32)25-33)36-21-24-44-40-11-4-3-9-38(40)39-10-5-6-12-41(39)46(44)28-36/h1-30H;2*1-28H. The van der Waals surface area contributed by atoms with E-state index in [2.05, 4.69) is 522 Å². The van der Waals surface area contributed by atoms with E-state index in [1.807, 2.05) is 0 Å². The van der Waals surface area contributed by atoms with Crippen molar-refractivity contribution in [3.8, 4) is 77.9 Å². The van der Waals surface area contributed by atoms with E-state index in [1.54, 1.807) is 0 Å². The molecule has 0 heterocycles. The summed E-state index contributed by atoms with van der Waals surface area (Å²) >= 11 is 0. The van der Waals surface area contributed by atoms with Gasteiger partial charge in [-0.3, -0.25) is 0 Å². The summed E-state index contributed by atoms with van der Waals surface area (Å²) < 4.78 is 0. The smallest absolute Gasteiger partial charge is 0.00928 e. The van der Waals surface area contributed by atoms with Crippen LogP contribution in [-0.4, -0.2) is 0 Å². The van der Waals surface area contributed by atoms with E-state index < -0.39 is 0 Å². The average molecular weight is 1770 g/mol. The minimum atomic E-state index is 1.24.